The Labute approximate surface area is 100 Å². The minimum absolute atomic E-state index is 0.0577. The number of amides is 2. The lowest BCUT2D eigenvalue weighted by Gasteiger charge is -2.41. The summed E-state index contributed by atoms with van der Waals surface area (Å²) >= 11 is 0. The molecular formula is C12H18N2O3. The van der Waals surface area contributed by atoms with E-state index < -0.39 is 6.09 Å². The van der Waals surface area contributed by atoms with Crippen molar-refractivity contribution in [3.05, 3.63) is 0 Å². The van der Waals surface area contributed by atoms with E-state index >= 15 is 0 Å². The Morgan fingerprint density at radius 1 is 1.35 bits per heavy atom. The van der Waals surface area contributed by atoms with Crippen molar-refractivity contribution in [2.75, 3.05) is 0 Å². The van der Waals surface area contributed by atoms with Crippen LogP contribution < -0.4 is 5.32 Å². The van der Waals surface area contributed by atoms with E-state index in [1.165, 1.54) is 0 Å². The van der Waals surface area contributed by atoms with Crippen molar-refractivity contribution < 1.29 is 14.7 Å². The average Bonchev–Trinajstić information content (AvgIpc) is 2.64. The Kier molecular flexibility index (Phi) is 2.15. The Morgan fingerprint density at radius 3 is 2.35 bits per heavy atom. The zero-order valence-corrected chi connectivity index (χ0v) is 9.98. The molecule has 0 aromatic heterocycles. The summed E-state index contributed by atoms with van der Waals surface area (Å²) in [6, 6.07) is 0.350. The second-order valence-corrected chi connectivity index (χ2v) is 5.84. The highest BCUT2D eigenvalue weighted by molar-refractivity contribution is 5.86. The number of nitrogens with zero attached hydrogens (tertiary/aromatic N) is 1. The third kappa shape index (κ3) is 1.44. The third-order valence-electron chi connectivity index (χ3n) is 4.65. The molecule has 1 spiro atoms. The summed E-state index contributed by atoms with van der Waals surface area (Å²) in [6.07, 6.45) is 3.31. The lowest BCUT2D eigenvalue weighted by Crippen LogP contribution is -2.52. The monoisotopic (exact) mass is 238 g/mol. The minimum Gasteiger partial charge on any atom is -0.465 e. The molecule has 0 aromatic rings. The first-order chi connectivity index (χ1) is 8.02. The number of rotatable bonds is 0. The first kappa shape index (κ1) is 10.9. The lowest BCUT2D eigenvalue weighted by molar-refractivity contribution is -0.131. The van der Waals surface area contributed by atoms with E-state index in [0.29, 0.717) is 12.8 Å². The summed E-state index contributed by atoms with van der Waals surface area (Å²) in [5, 5.41) is 12.2. The Balaban J connectivity index is 1.86. The van der Waals surface area contributed by atoms with Crippen LogP contribution in [-0.4, -0.2) is 40.1 Å². The van der Waals surface area contributed by atoms with Gasteiger partial charge in [0.15, 0.2) is 0 Å². The molecule has 2 bridgehead atoms. The predicted molar refractivity (Wildman–Crippen MR) is 60.6 cm³/mol. The maximum Gasteiger partial charge on any atom is 0.407 e. The van der Waals surface area contributed by atoms with Crippen molar-refractivity contribution >= 4 is 12.0 Å². The highest BCUT2D eigenvalue weighted by Gasteiger charge is 2.56. The van der Waals surface area contributed by atoms with E-state index in [4.69, 9.17) is 0 Å². The van der Waals surface area contributed by atoms with Gasteiger partial charge < -0.3 is 15.3 Å². The molecule has 3 aliphatic heterocycles. The van der Waals surface area contributed by atoms with Gasteiger partial charge in [0.2, 0.25) is 5.91 Å². The van der Waals surface area contributed by atoms with Crippen molar-refractivity contribution in [3.63, 3.8) is 0 Å². The molecule has 2 N–H and O–H groups in total. The van der Waals surface area contributed by atoms with Crippen LogP contribution >= 0.6 is 0 Å². The molecule has 3 fully saturated rings. The summed E-state index contributed by atoms with van der Waals surface area (Å²) in [4.78, 5) is 24.9. The van der Waals surface area contributed by atoms with Crippen LogP contribution in [0.4, 0.5) is 4.79 Å². The van der Waals surface area contributed by atoms with Gasteiger partial charge in [-0.05, 0) is 39.0 Å². The molecule has 5 nitrogen and oxygen atoms in total. The Morgan fingerprint density at radius 2 is 1.94 bits per heavy atom. The minimum atomic E-state index is -0.821. The van der Waals surface area contributed by atoms with Gasteiger partial charge in [-0.2, -0.15) is 0 Å². The van der Waals surface area contributed by atoms with Gasteiger partial charge in [-0.1, -0.05) is 0 Å². The van der Waals surface area contributed by atoms with E-state index in [0.717, 1.165) is 19.3 Å². The number of nitrogens with one attached hydrogen (secondary N) is 1. The summed E-state index contributed by atoms with van der Waals surface area (Å²) in [6.45, 7) is 2.03. The van der Waals surface area contributed by atoms with Gasteiger partial charge in [0.05, 0.1) is 5.41 Å². The molecule has 0 radical (unpaired) electrons. The molecule has 3 atom stereocenters. The maximum absolute atomic E-state index is 12.1. The van der Waals surface area contributed by atoms with E-state index in [1.54, 1.807) is 4.90 Å². The van der Waals surface area contributed by atoms with E-state index in [-0.39, 0.29) is 29.4 Å². The van der Waals surface area contributed by atoms with Gasteiger partial charge in [0, 0.05) is 18.1 Å². The molecule has 5 heteroatoms. The van der Waals surface area contributed by atoms with Gasteiger partial charge in [0.1, 0.15) is 0 Å². The largest absolute Gasteiger partial charge is 0.465 e. The quantitative estimate of drug-likeness (QED) is 0.666. The molecule has 3 heterocycles. The van der Waals surface area contributed by atoms with Gasteiger partial charge in [-0.3, -0.25) is 4.79 Å². The molecule has 17 heavy (non-hydrogen) atoms. The van der Waals surface area contributed by atoms with Crippen LogP contribution in [0.25, 0.3) is 0 Å². The Hall–Kier alpha value is -1.26. The molecule has 0 saturated carbocycles. The summed E-state index contributed by atoms with van der Waals surface area (Å²) in [7, 11) is 0. The molecule has 3 saturated heterocycles. The number of fused-ring (bicyclic) bond motifs is 2. The number of hydrogen-bond acceptors (Lipinski definition) is 2. The SMILES string of the molecule is CC1CC2(CC3CCC(C2)N3C(=O)O)C(=O)N1. The van der Waals surface area contributed by atoms with Crippen LogP contribution in [-0.2, 0) is 4.79 Å². The second-order valence-electron chi connectivity index (χ2n) is 5.84. The zero-order chi connectivity index (χ0) is 12.2. The van der Waals surface area contributed by atoms with Crippen LogP contribution in [0.1, 0.15) is 39.0 Å². The van der Waals surface area contributed by atoms with Crippen LogP contribution in [0.15, 0.2) is 0 Å². The Bertz CT molecular complexity index is 368. The normalized spacial score (nSPS) is 44.2. The summed E-state index contributed by atoms with van der Waals surface area (Å²) in [5.74, 6) is 0.145. The fraction of sp³-hybridized carbons (Fsp3) is 0.833. The van der Waals surface area contributed by atoms with Crippen LogP contribution in [0.5, 0.6) is 0 Å². The highest BCUT2D eigenvalue weighted by atomic mass is 16.4. The van der Waals surface area contributed by atoms with Gasteiger partial charge >= 0.3 is 6.09 Å². The summed E-state index contributed by atoms with van der Waals surface area (Å²) in [5.41, 5.74) is -0.281. The number of carboxylic acid groups (broad SMARTS) is 1. The fourth-order valence-corrected chi connectivity index (χ4v) is 4.12. The fourth-order valence-electron chi connectivity index (χ4n) is 4.12. The van der Waals surface area contributed by atoms with Crippen molar-refractivity contribution in [1.82, 2.24) is 10.2 Å². The highest BCUT2D eigenvalue weighted by Crippen LogP contribution is 2.50. The standard InChI is InChI=1S/C12H18N2O3/c1-7-4-12(10(15)13-7)5-8-2-3-9(6-12)14(8)11(16)17/h7-9H,2-6H2,1H3,(H,13,15)(H,16,17). The first-order valence-corrected chi connectivity index (χ1v) is 6.34. The molecule has 94 valence electrons. The maximum atomic E-state index is 12.1. The summed E-state index contributed by atoms with van der Waals surface area (Å²) < 4.78 is 0. The number of carbonyl (C=O) groups is 2. The van der Waals surface area contributed by atoms with E-state index in [1.807, 2.05) is 6.92 Å². The molecular weight excluding hydrogens is 220 g/mol. The third-order valence-corrected chi connectivity index (χ3v) is 4.65. The van der Waals surface area contributed by atoms with E-state index in [2.05, 4.69) is 5.32 Å². The first-order valence-electron chi connectivity index (χ1n) is 6.34. The molecule has 2 amide bonds. The van der Waals surface area contributed by atoms with Crippen LogP contribution in [0, 0.1) is 5.41 Å². The number of piperidine rings is 1. The molecule has 3 rings (SSSR count). The zero-order valence-electron chi connectivity index (χ0n) is 9.98. The van der Waals surface area contributed by atoms with Crippen LogP contribution in [0.3, 0.4) is 0 Å². The van der Waals surface area contributed by atoms with Crippen LogP contribution in [0.2, 0.25) is 0 Å². The second kappa shape index (κ2) is 3.37. The van der Waals surface area contributed by atoms with Crippen molar-refractivity contribution in [3.8, 4) is 0 Å². The van der Waals surface area contributed by atoms with Crippen molar-refractivity contribution in [2.24, 2.45) is 5.41 Å². The van der Waals surface area contributed by atoms with Gasteiger partial charge in [-0.25, -0.2) is 4.79 Å². The number of hydrogen-bond donors (Lipinski definition) is 2. The van der Waals surface area contributed by atoms with E-state index in [9.17, 15) is 14.7 Å². The number of carbonyl (C=O) groups excluding carboxylic acids is 1. The van der Waals surface area contributed by atoms with Gasteiger partial charge in [0.25, 0.3) is 0 Å². The smallest absolute Gasteiger partial charge is 0.407 e. The topological polar surface area (TPSA) is 69.6 Å². The predicted octanol–water partition coefficient (Wildman–Crippen LogP) is 1.19. The molecule has 3 aliphatic rings. The lowest BCUT2D eigenvalue weighted by atomic mass is 9.73. The molecule has 0 aromatic carbocycles. The van der Waals surface area contributed by atoms with Crippen molar-refractivity contribution in [1.29, 1.82) is 0 Å². The van der Waals surface area contributed by atoms with Gasteiger partial charge in [-0.15, -0.1) is 0 Å². The van der Waals surface area contributed by atoms with Crippen molar-refractivity contribution in [2.45, 2.75) is 57.2 Å². The molecule has 3 unspecified atom stereocenters. The molecule has 0 aliphatic carbocycles. The average molecular weight is 238 g/mol.